The lowest BCUT2D eigenvalue weighted by Crippen LogP contribution is -2.00. The van der Waals surface area contributed by atoms with Gasteiger partial charge in [0.25, 0.3) is 0 Å². The zero-order valence-corrected chi connectivity index (χ0v) is 13.2. The summed E-state index contributed by atoms with van der Waals surface area (Å²) in [7, 11) is 0. The Morgan fingerprint density at radius 2 is 2.10 bits per heavy atom. The highest BCUT2D eigenvalue weighted by molar-refractivity contribution is 9.10. The average Bonchev–Trinajstić information content (AvgIpc) is 2.83. The van der Waals surface area contributed by atoms with Gasteiger partial charge in [-0.25, -0.2) is 4.79 Å². The highest BCUT2D eigenvalue weighted by Gasteiger charge is 2.16. The smallest absolute Gasteiger partial charge is 0.337 e. The molecule has 2 heterocycles. The van der Waals surface area contributed by atoms with E-state index in [0.29, 0.717) is 11.5 Å². The summed E-state index contributed by atoms with van der Waals surface area (Å²) in [6, 6.07) is 7.17. The molecule has 3 aromatic rings. The summed E-state index contributed by atoms with van der Waals surface area (Å²) in [5.41, 5.74) is 2.41. The first-order chi connectivity index (χ1) is 9.97. The van der Waals surface area contributed by atoms with Gasteiger partial charge in [0.15, 0.2) is 11.5 Å². The van der Waals surface area contributed by atoms with Crippen LogP contribution in [0.3, 0.4) is 0 Å². The van der Waals surface area contributed by atoms with Crippen molar-refractivity contribution >= 4 is 39.1 Å². The van der Waals surface area contributed by atoms with Gasteiger partial charge in [-0.3, -0.25) is 4.40 Å². The lowest BCUT2D eigenvalue weighted by atomic mass is 10.1. The van der Waals surface area contributed by atoms with Gasteiger partial charge in [-0.1, -0.05) is 33.6 Å². The Labute approximate surface area is 133 Å². The zero-order chi connectivity index (χ0) is 15.1. The minimum absolute atomic E-state index is 0.0804. The standard InChI is InChI=1S/C14H9BrClN3O2/c1-7-2-3-9(10(15)4-7)12-17-18-13-11(16)5-8(14(20)21)6-19(12)13/h2-6H,1H3,(H,20,21). The fraction of sp³-hybridized carbons (Fsp3) is 0.0714. The first kappa shape index (κ1) is 14.0. The van der Waals surface area contributed by atoms with Crippen LogP contribution in [0.5, 0.6) is 0 Å². The fourth-order valence-corrected chi connectivity index (χ4v) is 2.97. The quantitative estimate of drug-likeness (QED) is 0.748. The molecule has 1 N–H and O–H groups in total. The molecule has 0 radical (unpaired) electrons. The van der Waals surface area contributed by atoms with E-state index in [0.717, 1.165) is 15.6 Å². The Kier molecular flexibility index (Phi) is 3.43. The van der Waals surface area contributed by atoms with E-state index in [1.807, 2.05) is 25.1 Å². The largest absolute Gasteiger partial charge is 0.478 e. The molecule has 3 rings (SSSR count). The highest BCUT2D eigenvalue weighted by Crippen LogP contribution is 2.30. The summed E-state index contributed by atoms with van der Waals surface area (Å²) < 4.78 is 2.44. The first-order valence-corrected chi connectivity index (χ1v) is 7.18. The maximum atomic E-state index is 11.2. The van der Waals surface area contributed by atoms with Crippen molar-refractivity contribution in [2.45, 2.75) is 6.92 Å². The maximum Gasteiger partial charge on any atom is 0.337 e. The molecule has 0 atom stereocenters. The predicted octanol–water partition coefficient (Wildman–Crippen LogP) is 3.82. The van der Waals surface area contributed by atoms with E-state index in [4.69, 9.17) is 16.7 Å². The number of aromatic nitrogens is 3. The SMILES string of the molecule is Cc1ccc(-c2nnc3c(Cl)cc(C(=O)O)cn23)c(Br)c1. The van der Waals surface area contributed by atoms with Crippen LogP contribution in [0.1, 0.15) is 15.9 Å². The van der Waals surface area contributed by atoms with Gasteiger partial charge in [-0.2, -0.15) is 0 Å². The number of hydrogen-bond donors (Lipinski definition) is 1. The molecule has 0 saturated heterocycles. The van der Waals surface area contributed by atoms with Crippen molar-refractivity contribution in [1.29, 1.82) is 0 Å². The van der Waals surface area contributed by atoms with Crippen molar-refractivity contribution < 1.29 is 9.90 Å². The van der Waals surface area contributed by atoms with Crippen LogP contribution in [0, 0.1) is 6.92 Å². The van der Waals surface area contributed by atoms with Crippen molar-refractivity contribution in [3.63, 3.8) is 0 Å². The van der Waals surface area contributed by atoms with E-state index in [9.17, 15) is 4.79 Å². The summed E-state index contributed by atoms with van der Waals surface area (Å²) in [4.78, 5) is 11.2. The number of aryl methyl sites for hydroxylation is 1. The van der Waals surface area contributed by atoms with Gasteiger partial charge in [0.05, 0.1) is 10.6 Å². The minimum atomic E-state index is -1.05. The number of aromatic carboxylic acids is 1. The number of pyridine rings is 1. The lowest BCUT2D eigenvalue weighted by molar-refractivity contribution is 0.0696. The molecule has 0 bridgehead atoms. The van der Waals surface area contributed by atoms with Crippen LogP contribution < -0.4 is 0 Å². The molecule has 0 amide bonds. The van der Waals surface area contributed by atoms with E-state index < -0.39 is 5.97 Å². The molecule has 5 nitrogen and oxygen atoms in total. The highest BCUT2D eigenvalue weighted by atomic mass is 79.9. The molecule has 0 aliphatic rings. The number of benzene rings is 1. The summed E-state index contributed by atoms with van der Waals surface area (Å²) in [6.45, 7) is 1.98. The number of carbonyl (C=O) groups is 1. The number of rotatable bonds is 2. The molecular weight excluding hydrogens is 358 g/mol. The van der Waals surface area contributed by atoms with Gasteiger partial charge in [-0.05, 0) is 30.7 Å². The van der Waals surface area contributed by atoms with Gasteiger partial charge in [0.1, 0.15) is 0 Å². The number of hydrogen-bond acceptors (Lipinski definition) is 3. The second-order valence-electron chi connectivity index (χ2n) is 4.58. The van der Waals surface area contributed by atoms with Gasteiger partial charge < -0.3 is 5.11 Å². The molecule has 0 saturated carbocycles. The van der Waals surface area contributed by atoms with Crippen LogP contribution >= 0.6 is 27.5 Å². The Hall–Kier alpha value is -1.92. The van der Waals surface area contributed by atoms with Crippen LogP contribution in [0.25, 0.3) is 17.0 Å². The van der Waals surface area contributed by atoms with Gasteiger partial charge in [0.2, 0.25) is 0 Å². The topological polar surface area (TPSA) is 67.5 Å². The molecule has 0 aliphatic carbocycles. The Balaban J connectivity index is 2.30. The monoisotopic (exact) mass is 365 g/mol. The van der Waals surface area contributed by atoms with Gasteiger partial charge in [-0.15, -0.1) is 10.2 Å². The van der Waals surface area contributed by atoms with Gasteiger partial charge in [0, 0.05) is 16.2 Å². The number of carboxylic acids is 1. The molecule has 0 unspecified atom stereocenters. The molecular formula is C14H9BrClN3O2. The summed E-state index contributed by atoms with van der Waals surface area (Å²) >= 11 is 9.56. The molecule has 0 aliphatic heterocycles. The normalized spacial score (nSPS) is 11.0. The third-order valence-electron chi connectivity index (χ3n) is 3.07. The third-order valence-corrected chi connectivity index (χ3v) is 4.01. The third kappa shape index (κ3) is 2.41. The van der Waals surface area contributed by atoms with Crippen LogP contribution in [0.15, 0.2) is 34.9 Å². The van der Waals surface area contributed by atoms with E-state index in [1.165, 1.54) is 12.3 Å². The zero-order valence-electron chi connectivity index (χ0n) is 10.8. The molecule has 1 aromatic carbocycles. The predicted molar refractivity (Wildman–Crippen MR) is 82.8 cm³/mol. The molecule has 7 heteroatoms. The van der Waals surface area contributed by atoms with E-state index in [2.05, 4.69) is 26.1 Å². The van der Waals surface area contributed by atoms with E-state index in [1.54, 1.807) is 4.40 Å². The lowest BCUT2D eigenvalue weighted by Gasteiger charge is -2.05. The van der Waals surface area contributed by atoms with Crippen molar-refractivity contribution in [2.24, 2.45) is 0 Å². The summed E-state index contributed by atoms with van der Waals surface area (Å²) in [6.07, 6.45) is 1.46. The second-order valence-corrected chi connectivity index (χ2v) is 5.84. The van der Waals surface area contributed by atoms with Crippen LogP contribution in [-0.4, -0.2) is 25.7 Å². The second kappa shape index (κ2) is 5.13. The molecule has 0 spiro atoms. The fourth-order valence-electron chi connectivity index (χ4n) is 2.06. The van der Waals surface area contributed by atoms with E-state index in [-0.39, 0.29) is 10.6 Å². The van der Waals surface area contributed by atoms with E-state index >= 15 is 0 Å². The molecule has 106 valence electrons. The molecule has 2 aromatic heterocycles. The van der Waals surface area contributed by atoms with Crippen molar-refractivity contribution in [2.75, 3.05) is 0 Å². The van der Waals surface area contributed by atoms with Crippen molar-refractivity contribution in [3.05, 3.63) is 51.1 Å². The summed E-state index contributed by atoms with van der Waals surface area (Å²) in [5, 5.41) is 17.5. The minimum Gasteiger partial charge on any atom is -0.478 e. The number of halogens is 2. The van der Waals surface area contributed by atoms with Crippen LogP contribution in [0.2, 0.25) is 5.02 Å². The first-order valence-electron chi connectivity index (χ1n) is 6.01. The number of fused-ring (bicyclic) bond motifs is 1. The van der Waals surface area contributed by atoms with Crippen LogP contribution in [0.4, 0.5) is 0 Å². The molecule has 21 heavy (non-hydrogen) atoms. The number of carboxylic acid groups (broad SMARTS) is 1. The summed E-state index contributed by atoms with van der Waals surface area (Å²) in [5.74, 6) is -0.525. The Morgan fingerprint density at radius 1 is 1.33 bits per heavy atom. The van der Waals surface area contributed by atoms with Crippen LogP contribution in [-0.2, 0) is 0 Å². The average molecular weight is 367 g/mol. The maximum absolute atomic E-state index is 11.2. The van der Waals surface area contributed by atoms with Gasteiger partial charge >= 0.3 is 5.97 Å². The molecule has 0 fully saturated rings. The van der Waals surface area contributed by atoms with Crippen molar-refractivity contribution in [3.8, 4) is 11.4 Å². The Morgan fingerprint density at radius 3 is 2.76 bits per heavy atom. The van der Waals surface area contributed by atoms with Crippen molar-refractivity contribution in [1.82, 2.24) is 14.6 Å². The number of nitrogens with zero attached hydrogens (tertiary/aromatic N) is 3. The Bertz CT molecular complexity index is 876.